The number of halogens is 1. The number of likely N-dealkylation sites (N-methyl/N-ethyl adjacent to an activating group) is 1. The number of ether oxygens (including phenoxy) is 1. The second-order valence-corrected chi connectivity index (χ2v) is 9.16. The Labute approximate surface area is 193 Å². The van der Waals surface area contributed by atoms with Crippen LogP contribution in [0.15, 0.2) is 42.6 Å². The standard InChI is InChI=1S/C26H29FN4O2/c1-30(2)25(32)15-31-18-5-4-6-19(31)12-16(11-18)23-14-22-20(9-10-28-26(22)29-23)21-13-17(27)7-8-24(21)33-3/h7-11,13-14,18-19H,4-6,12,15H2,1-3H3,(H,28,29). The summed E-state index contributed by atoms with van der Waals surface area (Å²) in [5, 5.41) is 0.938. The fraction of sp³-hybridized carbons (Fsp3) is 0.385. The van der Waals surface area contributed by atoms with Gasteiger partial charge < -0.3 is 14.6 Å². The third kappa shape index (κ3) is 4.02. The Bertz CT molecular complexity index is 1230. The third-order valence-electron chi connectivity index (χ3n) is 6.93. The van der Waals surface area contributed by atoms with Crippen molar-refractivity contribution in [1.29, 1.82) is 0 Å². The fourth-order valence-electron chi connectivity index (χ4n) is 5.19. The zero-order valence-electron chi connectivity index (χ0n) is 19.3. The van der Waals surface area contributed by atoms with E-state index in [0.29, 0.717) is 23.9 Å². The maximum Gasteiger partial charge on any atom is 0.236 e. The quantitative estimate of drug-likeness (QED) is 0.625. The maximum absolute atomic E-state index is 14.1. The van der Waals surface area contributed by atoms with Crippen LogP contribution in [0.4, 0.5) is 4.39 Å². The molecule has 33 heavy (non-hydrogen) atoms. The molecule has 1 saturated heterocycles. The smallest absolute Gasteiger partial charge is 0.236 e. The van der Waals surface area contributed by atoms with Crippen LogP contribution in [0.1, 0.15) is 31.4 Å². The first-order chi connectivity index (χ1) is 15.9. The monoisotopic (exact) mass is 448 g/mol. The van der Waals surface area contributed by atoms with Gasteiger partial charge in [-0.05, 0) is 60.7 Å². The zero-order chi connectivity index (χ0) is 23.1. The number of pyridine rings is 1. The Balaban J connectivity index is 1.52. The first kappa shape index (κ1) is 21.6. The second-order valence-electron chi connectivity index (χ2n) is 9.16. The maximum atomic E-state index is 14.1. The lowest BCUT2D eigenvalue weighted by atomic mass is 9.84. The molecule has 2 aromatic heterocycles. The van der Waals surface area contributed by atoms with Crippen LogP contribution in [0.3, 0.4) is 0 Å². The molecule has 6 nitrogen and oxygen atoms in total. The summed E-state index contributed by atoms with van der Waals surface area (Å²) in [6.07, 6.45) is 8.28. The summed E-state index contributed by atoms with van der Waals surface area (Å²) < 4.78 is 19.5. The van der Waals surface area contributed by atoms with Crippen molar-refractivity contribution < 1.29 is 13.9 Å². The van der Waals surface area contributed by atoms with Crippen molar-refractivity contribution in [3.63, 3.8) is 0 Å². The molecule has 0 aliphatic carbocycles. The van der Waals surface area contributed by atoms with Gasteiger partial charge in [-0.1, -0.05) is 12.5 Å². The van der Waals surface area contributed by atoms with E-state index in [1.807, 2.05) is 20.2 Å². The van der Waals surface area contributed by atoms with Gasteiger partial charge in [-0.15, -0.1) is 0 Å². The predicted molar refractivity (Wildman–Crippen MR) is 127 cm³/mol. The first-order valence-corrected chi connectivity index (χ1v) is 11.4. The van der Waals surface area contributed by atoms with Crippen LogP contribution >= 0.6 is 0 Å². The Hall–Kier alpha value is -3.19. The molecule has 172 valence electrons. The van der Waals surface area contributed by atoms with Crippen LogP contribution in [-0.4, -0.2) is 65.5 Å². The van der Waals surface area contributed by atoms with Gasteiger partial charge in [-0.3, -0.25) is 9.69 Å². The summed E-state index contributed by atoms with van der Waals surface area (Å²) >= 11 is 0. The molecular weight excluding hydrogens is 419 g/mol. The molecule has 4 heterocycles. The number of aromatic nitrogens is 2. The Morgan fingerprint density at radius 2 is 2.09 bits per heavy atom. The molecule has 2 bridgehead atoms. The number of hydrogen-bond acceptors (Lipinski definition) is 4. The lowest BCUT2D eigenvalue weighted by Gasteiger charge is -2.44. The van der Waals surface area contributed by atoms with Gasteiger partial charge in [0.1, 0.15) is 17.2 Å². The van der Waals surface area contributed by atoms with Gasteiger partial charge in [0.15, 0.2) is 0 Å². The van der Waals surface area contributed by atoms with E-state index in [0.717, 1.165) is 41.6 Å². The minimum absolute atomic E-state index is 0.146. The molecule has 1 amide bonds. The highest BCUT2D eigenvalue weighted by Crippen LogP contribution is 2.40. The number of piperidine rings is 1. The molecule has 7 heteroatoms. The SMILES string of the molecule is COc1ccc(F)cc1-c1ccnc2[nH]c(C3=CC4CCCC(C3)N4CC(=O)N(C)C)cc12. The summed E-state index contributed by atoms with van der Waals surface area (Å²) in [4.78, 5) is 24.4. The molecule has 1 N–H and O–H groups in total. The van der Waals surface area contributed by atoms with Crippen molar-refractivity contribution in [1.82, 2.24) is 19.8 Å². The van der Waals surface area contributed by atoms with Crippen LogP contribution in [-0.2, 0) is 4.79 Å². The topological polar surface area (TPSA) is 61.5 Å². The summed E-state index contributed by atoms with van der Waals surface area (Å²) in [6, 6.07) is 9.19. The fourth-order valence-corrected chi connectivity index (χ4v) is 5.19. The van der Waals surface area contributed by atoms with Crippen molar-refractivity contribution in [2.75, 3.05) is 27.7 Å². The number of hydrogen-bond donors (Lipinski definition) is 1. The van der Waals surface area contributed by atoms with Gasteiger partial charge in [0.05, 0.1) is 13.7 Å². The average molecular weight is 449 g/mol. The minimum atomic E-state index is -0.304. The van der Waals surface area contributed by atoms with E-state index in [1.54, 1.807) is 24.3 Å². The highest BCUT2D eigenvalue weighted by molar-refractivity contribution is 5.96. The van der Waals surface area contributed by atoms with Crippen molar-refractivity contribution in [3.05, 3.63) is 54.1 Å². The highest BCUT2D eigenvalue weighted by Gasteiger charge is 2.35. The van der Waals surface area contributed by atoms with Gasteiger partial charge in [-0.2, -0.15) is 0 Å². The van der Waals surface area contributed by atoms with Crippen LogP contribution in [0.2, 0.25) is 0 Å². The van der Waals surface area contributed by atoms with E-state index >= 15 is 0 Å². The molecule has 2 atom stereocenters. The molecular formula is C26H29FN4O2. The number of amides is 1. The second kappa shape index (κ2) is 8.63. The molecule has 3 aromatic rings. The number of nitrogens with one attached hydrogen (secondary N) is 1. The molecule has 2 aliphatic rings. The van der Waals surface area contributed by atoms with E-state index in [2.05, 4.69) is 27.0 Å². The largest absolute Gasteiger partial charge is 0.496 e. The van der Waals surface area contributed by atoms with Crippen molar-refractivity contribution in [2.24, 2.45) is 0 Å². The number of carbonyl (C=O) groups is 1. The number of benzene rings is 1. The number of methoxy groups -OCH3 is 1. The number of fused-ring (bicyclic) bond motifs is 3. The van der Waals surface area contributed by atoms with E-state index in [-0.39, 0.29) is 17.8 Å². The van der Waals surface area contributed by atoms with E-state index in [9.17, 15) is 9.18 Å². The van der Waals surface area contributed by atoms with Crippen LogP contribution < -0.4 is 4.74 Å². The summed E-state index contributed by atoms with van der Waals surface area (Å²) in [7, 11) is 5.22. The normalized spacial score (nSPS) is 20.5. The summed E-state index contributed by atoms with van der Waals surface area (Å²) in [6.45, 7) is 0.462. The number of nitrogens with zero attached hydrogens (tertiary/aromatic N) is 3. The van der Waals surface area contributed by atoms with Gasteiger partial charge in [-0.25, -0.2) is 9.37 Å². The lowest BCUT2D eigenvalue weighted by molar-refractivity contribution is -0.131. The Kier molecular flexibility index (Phi) is 5.66. The molecule has 2 aliphatic heterocycles. The van der Waals surface area contributed by atoms with E-state index in [1.165, 1.54) is 24.1 Å². The molecule has 0 saturated carbocycles. The first-order valence-electron chi connectivity index (χ1n) is 11.4. The van der Waals surface area contributed by atoms with Crippen LogP contribution in [0.5, 0.6) is 5.75 Å². The van der Waals surface area contributed by atoms with Gasteiger partial charge in [0.2, 0.25) is 5.91 Å². The molecule has 0 spiro atoms. The van der Waals surface area contributed by atoms with Crippen molar-refractivity contribution >= 4 is 22.5 Å². The Morgan fingerprint density at radius 3 is 2.85 bits per heavy atom. The lowest BCUT2D eigenvalue weighted by Crippen LogP contribution is -2.52. The molecule has 1 fully saturated rings. The van der Waals surface area contributed by atoms with Gasteiger partial charge >= 0.3 is 0 Å². The van der Waals surface area contributed by atoms with Crippen LogP contribution in [0, 0.1) is 5.82 Å². The third-order valence-corrected chi connectivity index (χ3v) is 6.93. The molecule has 2 unspecified atom stereocenters. The Morgan fingerprint density at radius 1 is 1.24 bits per heavy atom. The summed E-state index contributed by atoms with van der Waals surface area (Å²) in [5.74, 6) is 0.466. The number of carbonyl (C=O) groups excluding carboxylic acids is 1. The predicted octanol–water partition coefficient (Wildman–Crippen LogP) is 4.48. The number of rotatable bonds is 5. The number of aromatic amines is 1. The number of H-pyrrole nitrogens is 1. The van der Waals surface area contributed by atoms with Crippen LogP contribution in [0.25, 0.3) is 27.7 Å². The van der Waals surface area contributed by atoms with Gasteiger partial charge in [0, 0.05) is 49.0 Å². The van der Waals surface area contributed by atoms with Gasteiger partial charge in [0.25, 0.3) is 0 Å². The van der Waals surface area contributed by atoms with E-state index in [4.69, 9.17) is 4.74 Å². The average Bonchev–Trinajstić information content (AvgIpc) is 3.23. The highest BCUT2D eigenvalue weighted by atomic mass is 19.1. The minimum Gasteiger partial charge on any atom is -0.496 e. The van der Waals surface area contributed by atoms with E-state index < -0.39 is 0 Å². The van der Waals surface area contributed by atoms with Crippen molar-refractivity contribution in [2.45, 2.75) is 37.8 Å². The summed E-state index contributed by atoms with van der Waals surface area (Å²) in [5.41, 5.74) is 4.65. The molecule has 0 radical (unpaired) electrons. The zero-order valence-corrected chi connectivity index (χ0v) is 19.3. The van der Waals surface area contributed by atoms with Crippen molar-refractivity contribution in [3.8, 4) is 16.9 Å². The molecule has 1 aromatic carbocycles. The molecule has 5 rings (SSSR count).